The summed E-state index contributed by atoms with van der Waals surface area (Å²) in [5.41, 5.74) is -1.43. The number of hydrogen-bond acceptors (Lipinski definition) is 6. The molecule has 0 atom stereocenters. The highest BCUT2D eigenvalue weighted by Gasteiger charge is 2.34. The van der Waals surface area contributed by atoms with Crippen LogP contribution in [0.15, 0.2) is 46.3 Å². The van der Waals surface area contributed by atoms with E-state index in [-0.39, 0.29) is 42.2 Å². The lowest BCUT2D eigenvalue weighted by atomic mass is 10.0. The Morgan fingerprint density at radius 3 is 2.67 bits per heavy atom. The van der Waals surface area contributed by atoms with Gasteiger partial charge in [-0.2, -0.15) is 13.2 Å². The van der Waals surface area contributed by atoms with E-state index in [1.165, 1.54) is 23.1 Å². The number of alkyl halides is 3. The minimum Gasteiger partial charge on any atom is -0.478 e. The highest BCUT2D eigenvalue weighted by Crippen LogP contribution is 2.36. The molecule has 1 aliphatic heterocycles. The molecule has 11 heteroatoms. The SMILES string of the molecule is CCOC1=NCN(c2cc(=O)[nH]c(-c3cc(CNC(=O)C(C)C)ccc3C(F)(F)F)n2)C=C1. The number of aromatic nitrogens is 2. The van der Waals surface area contributed by atoms with Gasteiger partial charge in [-0.1, -0.05) is 19.9 Å². The number of ether oxygens (including phenoxy) is 1. The Morgan fingerprint density at radius 1 is 1.30 bits per heavy atom. The highest BCUT2D eigenvalue weighted by molar-refractivity contribution is 5.89. The number of aliphatic imine (C=N–C) groups is 1. The van der Waals surface area contributed by atoms with E-state index < -0.39 is 17.3 Å². The second-order valence-electron chi connectivity index (χ2n) is 7.56. The smallest absolute Gasteiger partial charge is 0.417 e. The minimum atomic E-state index is -4.68. The first-order valence-electron chi connectivity index (χ1n) is 10.3. The number of halogens is 3. The Labute approximate surface area is 188 Å². The average Bonchev–Trinajstić information content (AvgIpc) is 2.76. The van der Waals surface area contributed by atoms with Gasteiger partial charge in [0.05, 0.1) is 12.2 Å². The topological polar surface area (TPSA) is 99.7 Å². The zero-order chi connectivity index (χ0) is 24.2. The lowest BCUT2D eigenvalue weighted by molar-refractivity contribution is -0.137. The van der Waals surface area contributed by atoms with Crippen LogP contribution in [-0.4, -0.2) is 35.0 Å². The molecule has 2 heterocycles. The van der Waals surface area contributed by atoms with Gasteiger partial charge >= 0.3 is 6.18 Å². The van der Waals surface area contributed by atoms with Crippen LogP contribution < -0.4 is 15.8 Å². The average molecular weight is 463 g/mol. The zero-order valence-corrected chi connectivity index (χ0v) is 18.4. The van der Waals surface area contributed by atoms with Gasteiger partial charge in [-0.15, -0.1) is 0 Å². The van der Waals surface area contributed by atoms with E-state index in [9.17, 15) is 22.8 Å². The van der Waals surface area contributed by atoms with Crippen LogP contribution in [0.3, 0.4) is 0 Å². The van der Waals surface area contributed by atoms with Crippen molar-refractivity contribution in [3.8, 4) is 11.4 Å². The van der Waals surface area contributed by atoms with Crippen molar-refractivity contribution in [2.45, 2.75) is 33.5 Å². The van der Waals surface area contributed by atoms with Gasteiger partial charge in [0.1, 0.15) is 18.3 Å². The second kappa shape index (κ2) is 9.88. The van der Waals surface area contributed by atoms with E-state index in [1.807, 2.05) is 6.92 Å². The molecule has 3 rings (SSSR count). The van der Waals surface area contributed by atoms with Gasteiger partial charge in [0.2, 0.25) is 11.8 Å². The summed E-state index contributed by atoms with van der Waals surface area (Å²) in [6, 6.07) is 4.64. The van der Waals surface area contributed by atoms with Gasteiger partial charge in [0.25, 0.3) is 5.56 Å². The van der Waals surface area contributed by atoms with Crippen molar-refractivity contribution in [1.29, 1.82) is 0 Å². The Bertz CT molecular complexity index is 1140. The normalized spacial score (nSPS) is 13.8. The second-order valence-corrected chi connectivity index (χ2v) is 7.56. The molecule has 0 spiro atoms. The van der Waals surface area contributed by atoms with Crippen molar-refractivity contribution in [2.75, 3.05) is 18.2 Å². The van der Waals surface area contributed by atoms with Crippen LogP contribution in [0.1, 0.15) is 31.9 Å². The number of rotatable bonds is 6. The number of nitrogens with one attached hydrogen (secondary N) is 2. The van der Waals surface area contributed by atoms with Gasteiger partial charge in [-0.25, -0.2) is 9.98 Å². The molecule has 0 radical (unpaired) electrons. The third-order valence-electron chi connectivity index (χ3n) is 4.73. The standard InChI is InChI=1S/C22H24F3N5O3/c1-4-33-19-7-8-30(12-27-19)17-10-18(31)29-20(28-17)15-9-14(11-26-21(32)13(2)3)5-6-16(15)22(23,24)25/h5-10,13H,4,11-12H2,1-3H3,(H,26,32)(H,28,29,31). The quantitative estimate of drug-likeness (QED) is 0.684. The largest absolute Gasteiger partial charge is 0.478 e. The first-order chi connectivity index (χ1) is 15.6. The third kappa shape index (κ3) is 5.99. The molecule has 0 saturated carbocycles. The summed E-state index contributed by atoms with van der Waals surface area (Å²) in [5, 5.41) is 2.67. The molecule has 1 aliphatic rings. The molecule has 0 saturated heterocycles. The molecule has 0 unspecified atom stereocenters. The van der Waals surface area contributed by atoms with Gasteiger partial charge in [-0.3, -0.25) is 9.59 Å². The first-order valence-corrected chi connectivity index (χ1v) is 10.3. The van der Waals surface area contributed by atoms with Gasteiger partial charge < -0.3 is 19.9 Å². The van der Waals surface area contributed by atoms with E-state index in [0.717, 1.165) is 6.07 Å². The van der Waals surface area contributed by atoms with Crippen molar-refractivity contribution >= 4 is 17.6 Å². The van der Waals surface area contributed by atoms with Crippen LogP contribution in [0.4, 0.5) is 19.0 Å². The highest BCUT2D eigenvalue weighted by atomic mass is 19.4. The molecule has 1 aromatic heterocycles. The number of carbonyl (C=O) groups is 1. The number of carbonyl (C=O) groups excluding carboxylic acids is 1. The molecule has 2 aromatic rings. The molecule has 0 bridgehead atoms. The summed E-state index contributed by atoms with van der Waals surface area (Å²) in [4.78, 5) is 36.5. The Balaban J connectivity index is 1.98. The fourth-order valence-electron chi connectivity index (χ4n) is 3.05. The molecule has 1 amide bonds. The fourth-order valence-corrected chi connectivity index (χ4v) is 3.05. The molecule has 0 fully saturated rings. The number of nitrogens with zero attached hydrogens (tertiary/aromatic N) is 3. The predicted molar refractivity (Wildman–Crippen MR) is 118 cm³/mol. The number of H-pyrrole nitrogens is 1. The summed E-state index contributed by atoms with van der Waals surface area (Å²) in [6.07, 6.45) is -1.51. The van der Waals surface area contributed by atoms with Crippen molar-refractivity contribution < 1.29 is 22.7 Å². The molecule has 176 valence electrons. The minimum absolute atomic E-state index is 0.0376. The molecule has 2 N–H and O–H groups in total. The number of amides is 1. The predicted octanol–water partition coefficient (Wildman–Crippen LogP) is 3.45. The molecule has 0 aliphatic carbocycles. The third-order valence-corrected chi connectivity index (χ3v) is 4.73. The van der Waals surface area contributed by atoms with Crippen molar-refractivity contribution in [3.05, 3.63) is 58.0 Å². The maximum Gasteiger partial charge on any atom is 0.417 e. The van der Waals surface area contributed by atoms with E-state index in [4.69, 9.17) is 4.74 Å². The molecule has 33 heavy (non-hydrogen) atoms. The van der Waals surface area contributed by atoms with Crippen LogP contribution in [0.25, 0.3) is 11.4 Å². The Hall–Kier alpha value is -3.63. The number of aromatic amines is 1. The first kappa shape index (κ1) is 24.0. The Kier molecular flexibility index (Phi) is 7.19. The molecule has 8 nitrogen and oxygen atoms in total. The monoisotopic (exact) mass is 463 g/mol. The maximum absolute atomic E-state index is 13.7. The van der Waals surface area contributed by atoms with Crippen molar-refractivity contribution in [2.24, 2.45) is 10.9 Å². The maximum atomic E-state index is 13.7. The molecular formula is C22H24F3N5O3. The Morgan fingerprint density at radius 2 is 2.06 bits per heavy atom. The van der Waals surface area contributed by atoms with E-state index in [0.29, 0.717) is 18.1 Å². The summed E-state index contributed by atoms with van der Waals surface area (Å²) in [5.74, 6) is -0.189. The van der Waals surface area contributed by atoms with Crippen LogP contribution in [0, 0.1) is 5.92 Å². The van der Waals surface area contributed by atoms with Gasteiger partial charge in [0.15, 0.2) is 0 Å². The zero-order valence-electron chi connectivity index (χ0n) is 18.4. The van der Waals surface area contributed by atoms with Crippen LogP contribution in [0.5, 0.6) is 0 Å². The fraction of sp³-hybridized carbons (Fsp3) is 0.364. The molecule has 1 aromatic carbocycles. The summed E-state index contributed by atoms with van der Waals surface area (Å²) >= 11 is 0. The van der Waals surface area contributed by atoms with Crippen LogP contribution in [0.2, 0.25) is 0 Å². The summed E-state index contributed by atoms with van der Waals surface area (Å²) < 4.78 is 46.4. The number of benzene rings is 1. The lowest BCUT2D eigenvalue weighted by Gasteiger charge is -2.21. The lowest BCUT2D eigenvalue weighted by Crippen LogP contribution is -2.27. The van der Waals surface area contributed by atoms with E-state index >= 15 is 0 Å². The summed E-state index contributed by atoms with van der Waals surface area (Å²) in [6.45, 7) is 5.80. The van der Waals surface area contributed by atoms with Gasteiger partial charge in [0, 0.05) is 36.4 Å². The van der Waals surface area contributed by atoms with E-state index in [2.05, 4.69) is 20.3 Å². The van der Waals surface area contributed by atoms with Crippen molar-refractivity contribution in [1.82, 2.24) is 15.3 Å². The number of hydrogen-bond donors (Lipinski definition) is 2. The van der Waals surface area contributed by atoms with Crippen LogP contribution >= 0.6 is 0 Å². The summed E-state index contributed by atoms with van der Waals surface area (Å²) in [7, 11) is 0. The van der Waals surface area contributed by atoms with Crippen molar-refractivity contribution in [3.63, 3.8) is 0 Å². The molecular weight excluding hydrogens is 439 g/mol. The van der Waals surface area contributed by atoms with Crippen LogP contribution in [-0.2, 0) is 22.3 Å². The number of anilines is 1. The van der Waals surface area contributed by atoms with Gasteiger partial charge in [-0.05, 0) is 24.6 Å². The van der Waals surface area contributed by atoms with E-state index in [1.54, 1.807) is 26.1 Å².